The molecule has 0 spiro atoms. The second kappa shape index (κ2) is 11.9. The molecule has 198 valence electrons. The zero-order chi connectivity index (χ0) is 25.8. The van der Waals surface area contributed by atoms with Crippen LogP contribution >= 0.6 is 0 Å². The van der Waals surface area contributed by atoms with Crippen molar-refractivity contribution in [1.29, 1.82) is 0 Å². The number of rotatable bonds is 8. The quantitative estimate of drug-likeness (QED) is 0.356. The average Bonchev–Trinajstić information content (AvgIpc) is 2.90. The molecule has 1 saturated heterocycles. The molecular weight excluding hydrogens is 465 g/mol. The van der Waals surface area contributed by atoms with Gasteiger partial charge in [-0.25, -0.2) is 4.39 Å². The van der Waals surface area contributed by atoms with Gasteiger partial charge in [0.15, 0.2) is 23.1 Å². The van der Waals surface area contributed by atoms with Crippen molar-refractivity contribution in [3.05, 3.63) is 59.2 Å². The largest absolute Gasteiger partial charge is 0.490 e. The van der Waals surface area contributed by atoms with Crippen molar-refractivity contribution in [2.24, 2.45) is 17.8 Å². The Hall–Kier alpha value is -2.21. The van der Waals surface area contributed by atoms with E-state index >= 15 is 0 Å². The highest BCUT2D eigenvalue weighted by Gasteiger charge is 2.33. The zero-order valence-corrected chi connectivity index (χ0v) is 21.6. The molecule has 3 aliphatic rings. The minimum atomic E-state index is -1.18. The summed E-state index contributed by atoms with van der Waals surface area (Å²) in [5.74, 6) is -2.02. The van der Waals surface area contributed by atoms with Crippen LogP contribution in [0.2, 0.25) is 0 Å². The van der Waals surface area contributed by atoms with E-state index in [-0.39, 0.29) is 41.8 Å². The first kappa shape index (κ1) is 26.8. The third-order valence-corrected chi connectivity index (χ3v) is 8.07. The summed E-state index contributed by atoms with van der Waals surface area (Å²) in [7, 11) is 0. The van der Waals surface area contributed by atoms with Crippen molar-refractivity contribution in [1.82, 2.24) is 0 Å². The molecule has 1 saturated carbocycles. The van der Waals surface area contributed by atoms with E-state index in [1.807, 2.05) is 0 Å². The molecule has 1 aromatic carbocycles. The molecule has 0 aromatic heterocycles. The normalized spacial score (nSPS) is 27.8. The van der Waals surface area contributed by atoms with Crippen LogP contribution < -0.4 is 9.47 Å². The van der Waals surface area contributed by atoms with E-state index in [0.29, 0.717) is 36.2 Å². The van der Waals surface area contributed by atoms with Crippen molar-refractivity contribution in [3.8, 4) is 11.5 Å². The van der Waals surface area contributed by atoms with Crippen LogP contribution in [-0.4, -0.2) is 19.3 Å². The second-order valence-corrected chi connectivity index (χ2v) is 10.7. The lowest BCUT2D eigenvalue weighted by atomic mass is 9.76. The van der Waals surface area contributed by atoms with Gasteiger partial charge in [0.2, 0.25) is 11.6 Å². The van der Waals surface area contributed by atoms with Crippen molar-refractivity contribution in [3.63, 3.8) is 0 Å². The summed E-state index contributed by atoms with van der Waals surface area (Å²) >= 11 is 0. The molecule has 2 fully saturated rings. The summed E-state index contributed by atoms with van der Waals surface area (Å²) in [6.07, 6.45) is 10.4. The van der Waals surface area contributed by atoms with Crippen molar-refractivity contribution in [2.75, 3.05) is 13.2 Å². The van der Waals surface area contributed by atoms with Crippen LogP contribution in [0.25, 0.3) is 0 Å². The Morgan fingerprint density at radius 3 is 2.42 bits per heavy atom. The first-order chi connectivity index (χ1) is 17.3. The maximum Gasteiger partial charge on any atom is 0.205 e. The Morgan fingerprint density at radius 2 is 1.78 bits per heavy atom. The van der Waals surface area contributed by atoms with Gasteiger partial charge in [-0.2, -0.15) is 8.78 Å². The number of fused-ring (bicyclic) bond motifs is 1. The van der Waals surface area contributed by atoms with Crippen LogP contribution in [0, 0.1) is 29.4 Å². The molecule has 1 aromatic rings. The number of hydrogen-bond acceptors (Lipinski definition) is 3. The summed E-state index contributed by atoms with van der Waals surface area (Å²) in [5.41, 5.74) is 0.949. The lowest BCUT2D eigenvalue weighted by Crippen LogP contribution is -2.35. The molecule has 2 heterocycles. The van der Waals surface area contributed by atoms with E-state index in [2.05, 4.69) is 20.1 Å². The van der Waals surface area contributed by atoms with Gasteiger partial charge < -0.3 is 14.2 Å². The Kier molecular flexibility index (Phi) is 8.87. The van der Waals surface area contributed by atoms with Gasteiger partial charge in [-0.15, -0.1) is 0 Å². The van der Waals surface area contributed by atoms with Crippen molar-refractivity contribution < 1.29 is 27.4 Å². The molecule has 1 aliphatic carbocycles. The van der Waals surface area contributed by atoms with Crippen molar-refractivity contribution >= 4 is 0 Å². The highest BCUT2D eigenvalue weighted by molar-refractivity contribution is 5.52. The fourth-order valence-corrected chi connectivity index (χ4v) is 5.78. The third-order valence-electron chi connectivity index (χ3n) is 8.07. The van der Waals surface area contributed by atoms with Crippen LogP contribution in [0.5, 0.6) is 11.5 Å². The lowest BCUT2D eigenvalue weighted by Gasteiger charge is -2.37. The van der Waals surface area contributed by atoms with E-state index in [9.17, 15) is 13.2 Å². The molecule has 6 heteroatoms. The molecule has 4 rings (SSSR count). The summed E-state index contributed by atoms with van der Waals surface area (Å²) in [6, 6.07) is 1.43. The maximum absolute atomic E-state index is 14.9. The van der Waals surface area contributed by atoms with E-state index in [1.165, 1.54) is 44.6 Å². The van der Waals surface area contributed by atoms with E-state index in [0.717, 1.165) is 18.8 Å². The van der Waals surface area contributed by atoms with Gasteiger partial charge in [0.1, 0.15) is 0 Å². The summed E-state index contributed by atoms with van der Waals surface area (Å²) in [4.78, 5) is 0. The minimum Gasteiger partial charge on any atom is -0.490 e. The van der Waals surface area contributed by atoms with Crippen LogP contribution in [-0.2, 0) is 11.2 Å². The van der Waals surface area contributed by atoms with E-state index < -0.39 is 17.5 Å². The topological polar surface area (TPSA) is 27.7 Å². The number of benzene rings is 1. The molecule has 2 atom stereocenters. The Morgan fingerprint density at radius 1 is 1.06 bits per heavy atom. The summed E-state index contributed by atoms with van der Waals surface area (Å²) in [6.45, 7) is 12.3. The Balaban J connectivity index is 1.34. The second-order valence-electron chi connectivity index (χ2n) is 10.7. The molecule has 0 radical (unpaired) electrons. The van der Waals surface area contributed by atoms with Gasteiger partial charge in [-0.3, -0.25) is 0 Å². The van der Waals surface area contributed by atoms with Crippen LogP contribution in [0.1, 0.15) is 77.2 Å². The lowest BCUT2D eigenvalue weighted by molar-refractivity contribution is -0.0656. The predicted octanol–water partition coefficient (Wildman–Crippen LogP) is 8.38. The minimum absolute atomic E-state index is 0.131. The van der Waals surface area contributed by atoms with Gasteiger partial charge in [-0.05, 0) is 61.2 Å². The summed E-state index contributed by atoms with van der Waals surface area (Å²) < 4.78 is 61.7. The van der Waals surface area contributed by atoms with Crippen molar-refractivity contribution in [2.45, 2.75) is 84.2 Å². The maximum atomic E-state index is 14.9. The number of ether oxygens (including phenoxy) is 3. The monoisotopic (exact) mass is 504 g/mol. The average molecular weight is 505 g/mol. The number of hydrogen-bond donors (Lipinski definition) is 0. The highest BCUT2D eigenvalue weighted by atomic mass is 19.2. The number of allylic oxidation sites excluding steroid dienone is 3. The third kappa shape index (κ3) is 5.85. The molecule has 36 heavy (non-hydrogen) atoms. The molecular formula is C30H39F3O3. The van der Waals surface area contributed by atoms with E-state index in [1.54, 1.807) is 6.92 Å². The molecule has 0 amide bonds. The molecule has 2 aliphatic heterocycles. The zero-order valence-electron chi connectivity index (χ0n) is 21.6. The Labute approximate surface area is 213 Å². The Bertz CT molecular complexity index is 999. The van der Waals surface area contributed by atoms with Gasteiger partial charge >= 0.3 is 0 Å². The highest BCUT2D eigenvalue weighted by Crippen LogP contribution is 2.41. The first-order valence-corrected chi connectivity index (χ1v) is 13.5. The van der Waals surface area contributed by atoms with Crippen LogP contribution in [0.15, 0.2) is 42.0 Å². The summed E-state index contributed by atoms with van der Waals surface area (Å²) in [5, 5.41) is 0. The van der Waals surface area contributed by atoms with Gasteiger partial charge in [0.05, 0.1) is 19.3 Å². The molecule has 0 N–H and O–H groups in total. The smallest absolute Gasteiger partial charge is 0.205 e. The standard InChI is InChI=1S/C30H39F3O3/c1-5-7-20-8-11-22(12-9-20)24-13-10-21(16-34-24)17-35-25-15-23-14-19(4)29(26(31)18(3)6-2)36-30(23)28(33)27(25)32/h15,20-22,24H,3-14,16-17H2,1-2H3/b29-26-. The van der Waals surface area contributed by atoms with E-state index in [4.69, 9.17) is 14.2 Å². The van der Waals surface area contributed by atoms with Crippen LogP contribution in [0.3, 0.4) is 0 Å². The predicted molar refractivity (Wildman–Crippen MR) is 136 cm³/mol. The van der Waals surface area contributed by atoms with Gasteiger partial charge in [0, 0.05) is 17.9 Å². The molecule has 3 nitrogen and oxygen atoms in total. The van der Waals surface area contributed by atoms with Crippen LogP contribution in [0.4, 0.5) is 13.2 Å². The fourth-order valence-electron chi connectivity index (χ4n) is 5.78. The van der Waals surface area contributed by atoms with Gasteiger partial charge in [-0.1, -0.05) is 52.7 Å². The SMILES string of the molecule is C=C(CC)/C(F)=C1/Oc2c(cc(OCC3CCC(C4CCC(CCC)CC4)OC3)c(F)c2F)CC1=C. The molecule has 0 bridgehead atoms. The van der Waals surface area contributed by atoms with Gasteiger partial charge in [0.25, 0.3) is 0 Å². The fraction of sp³-hybridized carbons (Fsp3) is 0.600. The molecule has 2 unspecified atom stereocenters. The number of halogens is 3. The first-order valence-electron chi connectivity index (χ1n) is 13.5.